The molecule has 1 aromatic heterocycles. The molecule has 0 bridgehead atoms. The van der Waals surface area contributed by atoms with Crippen LogP contribution >= 0.6 is 22.9 Å². The van der Waals surface area contributed by atoms with E-state index in [0.717, 1.165) is 10.4 Å². The van der Waals surface area contributed by atoms with Gasteiger partial charge in [0.2, 0.25) is 5.91 Å². The molecule has 0 aliphatic carbocycles. The Kier molecular flexibility index (Phi) is 5.68. The van der Waals surface area contributed by atoms with Gasteiger partial charge >= 0.3 is 0 Å². The van der Waals surface area contributed by atoms with Crippen LogP contribution in [0.4, 0.5) is 10.1 Å². The standard InChI is InChI=1S/C19H16ClFN2OS/c20-14-8-9-15(21)16(11-14)22-12-18(24)23-19(17-7-4-10-25-17)13-5-2-1-3-6-13/h1-11,19,22H,12H2,(H,23,24)/t19-/m1/s1. The molecule has 6 heteroatoms. The number of rotatable bonds is 6. The molecule has 1 atom stereocenters. The molecule has 0 radical (unpaired) electrons. The van der Waals surface area contributed by atoms with Crippen molar-refractivity contribution in [1.29, 1.82) is 0 Å². The molecule has 0 unspecified atom stereocenters. The van der Waals surface area contributed by atoms with Crippen LogP contribution in [0, 0.1) is 5.82 Å². The number of carbonyl (C=O) groups is 1. The first-order chi connectivity index (χ1) is 12.1. The van der Waals surface area contributed by atoms with Crippen molar-refractivity contribution in [3.8, 4) is 0 Å². The molecule has 1 heterocycles. The van der Waals surface area contributed by atoms with Gasteiger partial charge in [0.05, 0.1) is 18.3 Å². The van der Waals surface area contributed by atoms with E-state index in [0.29, 0.717) is 5.02 Å². The van der Waals surface area contributed by atoms with E-state index in [1.165, 1.54) is 18.2 Å². The van der Waals surface area contributed by atoms with Crippen molar-refractivity contribution in [2.24, 2.45) is 0 Å². The molecule has 25 heavy (non-hydrogen) atoms. The Labute approximate surface area is 154 Å². The van der Waals surface area contributed by atoms with E-state index in [1.807, 2.05) is 47.8 Å². The monoisotopic (exact) mass is 374 g/mol. The zero-order chi connectivity index (χ0) is 17.6. The average molecular weight is 375 g/mol. The summed E-state index contributed by atoms with van der Waals surface area (Å²) in [6.45, 7) is -0.0496. The van der Waals surface area contributed by atoms with Crippen LogP contribution in [0.3, 0.4) is 0 Å². The maximum atomic E-state index is 13.7. The molecular weight excluding hydrogens is 359 g/mol. The Bertz CT molecular complexity index is 840. The summed E-state index contributed by atoms with van der Waals surface area (Å²) in [4.78, 5) is 13.4. The van der Waals surface area contributed by atoms with Crippen LogP contribution in [0.5, 0.6) is 0 Å². The molecule has 0 fully saturated rings. The second-order valence-electron chi connectivity index (χ2n) is 5.40. The Balaban J connectivity index is 1.70. The van der Waals surface area contributed by atoms with Crippen LogP contribution in [-0.2, 0) is 4.79 Å². The number of carbonyl (C=O) groups excluding carboxylic acids is 1. The van der Waals surface area contributed by atoms with Gasteiger partial charge in [0.25, 0.3) is 0 Å². The summed E-state index contributed by atoms with van der Waals surface area (Å²) in [5, 5.41) is 8.16. The number of hydrogen-bond acceptors (Lipinski definition) is 3. The van der Waals surface area contributed by atoms with Crippen molar-refractivity contribution >= 4 is 34.5 Å². The van der Waals surface area contributed by atoms with Crippen molar-refractivity contribution in [3.05, 3.63) is 87.3 Å². The van der Waals surface area contributed by atoms with E-state index < -0.39 is 5.82 Å². The van der Waals surface area contributed by atoms with Crippen molar-refractivity contribution in [1.82, 2.24) is 5.32 Å². The minimum Gasteiger partial charge on any atom is -0.374 e. The summed E-state index contributed by atoms with van der Waals surface area (Å²) in [7, 11) is 0. The molecule has 3 nitrogen and oxygen atoms in total. The number of anilines is 1. The Morgan fingerprint density at radius 3 is 2.64 bits per heavy atom. The van der Waals surface area contributed by atoms with Crippen molar-refractivity contribution in [2.45, 2.75) is 6.04 Å². The maximum absolute atomic E-state index is 13.7. The van der Waals surface area contributed by atoms with Crippen LogP contribution in [0.1, 0.15) is 16.5 Å². The molecule has 2 N–H and O–H groups in total. The summed E-state index contributed by atoms with van der Waals surface area (Å²) < 4.78 is 13.7. The zero-order valence-electron chi connectivity index (χ0n) is 13.2. The second-order valence-corrected chi connectivity index (χ2v) is 6.82. The lowest BCUT2D eigenvalue weighted by molar-refractivity contribution is -0.119. The highest BCUT2D eigenvalue weighted by Crippen LogP contribution is 2.26. The number of hydrogen-bond donors (Lipinski definition) is 2. The molecule has 1 amide bonds. The predicted molar refractivity (Wildman–Crippen MR) is 101 cm³/mol. The van der Waals surface area contributed by atoms with Gasteiger partial charge in [-0.3, -0.25) is 4.79 Å². The topological polar surface area (TPSA) is 41.1 Å². The average Bonchev–Trinajstić information content (AvgIpc) is 3.15. The van der Waals surface area contributed by atoms with E-state index in [9.17, 15) is 9.18 Å². The summed E-state index contributed by atoms with van der Waals surface area (Å²) in [6.07, 6.45) is 0. The smallest absolute Gasteiger partial charge is 0.240 e. The third-order valence-corrected chi connectivity index (χ3v) is 4.81. The van der Waals surface area contributed by atoms with E-state index in [-0.39, 0.29) is 24.2 Å². The number of amides is 1. The molecule has 0 spiro atoms. The summed E-state index contributed by atoms with van der Waals surface area (Å²) in [5.74, 6) is -0.684. The van der Waals surface area contributed by atoms with Crippen LogP contribution in [0.2, 0.25) is 5.02 Å². The minimum absolute atomic E-state index is 0.0496. The number of thiophene rings is 1. The first-order valence-electron chi connectivity index (χ1n) is 7.70. The number of nitrogens with one attached hydrogen (secondary N) is 2. The van der Waals surface area contributed by atoms with Crippen LogP contribution < -0.4 is 10.6 Å². The van der Waals surface area contributed by atoms with E-state index >= 15 is 0 Å². The molecule has 0 saturated heterocycles. The van der Waals surface area contributed by atoms with E-state index in [1.54, 1.807) is 11.3 Å². The normalized spacial score (nSPS) is 11.8. The van der Waals surface area contributed by atoms with Gasteiger partial charge in [-0.2, -0.15) is 0 Å². The Morgan fingerprint density at radius 2 is 1.92 bits per heavy atom. The van der Waals surface area contributed by atoms with Gasteiger partial charge in [-0.05, 0) is 35.2 Å². The van der Waals surface area contributed by atoms with Crippen molar-refractivity contribution in [3.63, 3.8) is 0 Å². The Morgan fingerprint density at radius 1 is 1.12 bits per heavy atom. The van der Waals surface area contributed by atoms with Crippen LogP contribution in [0.15, 0.2) is 66.0 Å². The SMILES string of the molecule is O=C(CNc1cc(Cl)ccc1F)N[C@H](c1ccccc1)c1cccs1. The Hall–Kier alpha value is -2.37. The molecule has 0 aliphatic rings. The highest BCUT2D eigenvalue weighted by atomic mass is 35.5. The van der Waals surface area contributed by atoms with E-state index in [2.05, 4.69) is 10.6 Å². The summed E-state index contributed by atoms with van der Waals surface area (Å²) in [6, 6.07) is 17.6. The number of halogens is 2. The quantitative estimate of drug-likeness (QED) is 0.647. The van der Waals surface area contributed by atoms with Crippen molar-refractivity contribution in [2.75, 3.05) is 11.9 Å². The lowest BCUT2D eigenvalue weighted by Gasteiger charge is -2.18. The second kappa shape index (κ2) is 8.14. The lowest BCUT2D eigenvalue weighted by Crippen LogP contribution is -2.33. The first kappa shape index (κ1) is 17.5. The molecule has 3 aromatic rings. The minimum atomic E-state index is -0.449. The largest absolute Gasteiger partial charge is 0.374 e. The maximum Gasteiger partial charge on any atom is 0.240 e. The molecule has 0 saturated carbocycles. The third kappa shape index (κ3) is 4.59. The van der Waals surface area contributed by atoms with Crippen LogP contribution in [0.25, 0.3) is 0 Å². The molecular formula is C19H16ClFN2OS. The molecule has 0 aliphatic heterocycles. The first-order valence-corrected chi connectivity index (χ1v) is 8.96. The molecule has 3 rings (SSSR count). The van der Waals surface area contributed by atoms with Gasteiger partial charge < -0.3 is 10.6 Å². The summed E-state index contributed by atoms with van der Waals surface area (Å²) >= 11 is 7.43. The molecule has 128 valence electrons. The molecule has 2 aromatic carbocycles. The van der Waals surface area contributed by atoms with Crippen molar-refractivity contribution < 1.29 is 9.18 Å². The third-order valence-electron chi connectivity index (χ3n) is 3.63. The zero-order valence-corrected chi connectivity index (χ0v) is 14.8. The number of benzene rings is 2. The fourth-order valence-electron chi connectivity index (χ4n) is 2.44. The van der Waals surface area contributed by atoms with Crippen LogP contribution in [-0.4, -0.2) is 12.5 Å². The fourth-order valence-corrected chi connectivity index (χ4v) is 3.41. The van der Waals surface area contributed by atoms with Gasteiger partial charge in [-0.15, -0.1) is 11.3 Å². The highest BCUT2D eigenvalue weighted by molar-refractivity contribution is 7.10. The summed E-state index contributed by atoms with van der Waals surface area (Å²) in [5.41, 5.74) is 1.20. The van der Waals surface area contributed by atoms with Gasteiger partial charge in [-0.1, -0.05) is 48.0 Å². The van der Waals surface area contributed by atoms with Gasteiger partial charge in [0.1, 0.15) is 5.82 Å². The lowest BCUT2D eigenvalue weighted by atomic mass is 10.1. The highest BCUT2D eigenvalue weighted by Gasteiger charge is 2.17. The van der Waals surface area contributed by atoms with Gasteiger partial charge in [0.15, 0.2) is 0 Å². The predicted octanol–water partition coefficient (Wildman–Crippen LogP) is 4.86. The van der Waals surface area contributed by atoms with E-state index in [4.69, 9.17) is 11.6 Å². The van der Waals surface area contributed by atoms with Gasteiger partial charge in [0, 0.05) is 9.90 Å². The fraction of sp³-hybridized carbons (Fsp3) is 0.105. The van der Waals surface area contributed by atoms with Gasteiger partial charge in [-0.25, -0.2) is 4.39 Å².